The zero-order valence-electron chi connectivity index (χ0n) is 5.90. The summed E-state index contributed by atoms with van der Waals surface area (Å²) in [5.74, 6) is 0. The van der Waals surface area contributed by atoms with Crippen molar-refractivity contribution >= 4 is 6.34 Å². The average molecular weight is 128 g/mol. The van der Waals surface area contributed by atoms with Gasteiger partial charge in [-0.1, -0.05) is 38.5 Å². The van der Waals surface area contributed by atoms with Crippen LogP contribution in [0.1, 0.15) is 38.5 Å². The molecule has 54 valence electrons. The highest BCUT2D eigenvalue weighted by Gasteiger charge is 1.95. The summed E-state index contributed by atoms with van der Waals surface area (Å²) in [5, 5.41) is 5.86. The Labute approximate surface area is 57.0 Å². The van der Waals surface area contributed by atoms with Crippen molar-refractivity contribution in [1.82, 2.24) is 0 Å². The second-order valence-electron chi connectivity index (χ2n) is 2.29. The van der Waals surface area contributed by atoms with Gasteiger partial charge in [0.2, 0.25) is 0 Å². The van der Waals surface area contributed by atoms with Crippen LogP contribution in [0, 0.1) is 5.41 Å². The fourth-order valence-corrected chi connectivity index (χ4v) is 1.06. The van der Waals surface area contributed by atoms with Crippen LogP contribution in [0.2, 0.25) is 0 Å². The van der Waals surface area contributed by atoms with Gasteiger partial charge in [0.05, 0.1) is 6.34 Å². The van der Waals surface area contributed by atoms with Gasteiger partial charge in [0, 0.05) is 0 Å². The minimum atomic E-state index is 0.750. The molecule has 0 spiro atoms. The van der Waals surface area contributed by atoms with E-state index in [4.69, 9.17) is 5.41 Å². The minimum absolute atomic E-state index is 0.750. The predicted molar refractivity (Wildman–Crippen MR) is 40.7 cm³/mol. The summed E-state index contributed by atoms with van der Waals surface area (Å²) >= 11 is 0. The standard InChI is InChI=1S/C6H12.CH4N2/c1-2-4-6-5-3-1;2-1-3/h1-6H2;1H,(H3,2,3). The average Bonchev–Trinajstić information content (AvgIpc) is 1.93. The molecule has 0 aliphatic heterocycles. The molecule has 0 radical (unpaired) electrons. The van der Waals surface area contributed by atoms with E-state index in [0.29, 0.717) is 0 Å². The molecule has 0 aromatic heterocycles. The van der Waals surface area contributed by atoms with E-state index in [9.17, 15) is 0 Å². The van der Waals surface area contributed by atoms with Crippen LogP contribution >= 0.6 is 0 Å². The molecule has 1 aliphatic carbocycles. The van der Waals surface area contributed by atoms with Crippen molar-refractivity contribution in [2.24, 2.45) is 5.73 Å². The molecule has 0 unspecified atom stereocenters. The largest absolute Gasteiger partial charge is 0.390 e. The van der Waals surface area contributed by atoms with Crippen LogP contribution in [-0.4, -0.2) is 6.34 Å². The lowest BCUT2D eigenvalue weighted by molar-refractivity contribution is 0.504. The Morgan fingerprint density at radius 2 is 1.00 bits per heavy atom. The number of rotatable bonds is 0. The third-order valence-corrected chi connectivity index (χ3v) is 1.50. The third kappa shape index (κ3) is 7.47. The zero-order valence-corrected chi connectivity index (χ0v) is 5.90. The quantitative estimate of drug-likeness (QED) is 0.380. The molecule has 2 heteroatoms. The maximum Gasteiger partial charge on any atom is 0.0765 e. The van der Waals surface area contributed by atoms with E-state index >= 15 is 0 Å². The van der Waals surface area contributed by atoms with Crippen molar-refractivity contribution in [3.05, 3.63) is 0 Å². The third-order valence-electron chi connectivity index (χ3n) is 1.50. The highest BCUT2D eigenvalue weighted by Crippen LogP contribution is 2.15. The lowest BCUT2D eigenvalue weighted by atomic mass is 10.0. The molecule has 0 heterocycles. The number of nitrogens with one attached hydrogen (secondary N) is 1. The van der Waals surface area contributed by atoms with E-state index in [-0.39, 0.29) is 0 Å². The van der Waals surface area contributed by atoms with Gasteiger partial charge in [-0.15, -0.1) is 0 Å². The Bertz CT molecular complexity index is 46.4. The van der Waals surface area contributed by atoms with E-state index in [2.05, 4.69) is 5.73 Å². The zero-order chi connectivity index (χ0) is 6.95. The van der Waals surface area contributed by atoms with Crippen molar-refractivity contribution in [1.29, 1.82) is 5.41 Å². The van der Waals surface area contributed by atoms with Crippen LogP contribution in [0.15, 0.2) is 0 Å². The van der Waals surface area contributed by atoms with E-state index in [1.165, 1.54) is 38.5 Å². The maximum absolute atomic E-state index is 5.86. The molecule has 1 saturated carbocycles. The van der Waals surface area contributed by atoms with E-state index in [0.717, 1.165) is 6.34 Å². The molecule has 0 bridgehead atoms. The van der Waals surface area contributed by atoms with Gasteiger partial charge in [-0.05, 0) is 0 Å². The second-order valence-corrected chi connectivity index (χ2v) is 2.29. The van der Waals surface area contributed by atoms with Gasteiger partial charge in [-0.3, -0.25) is 5.41 Å². The van der Waals surface area contributed by atoms with Gasteiger partial charge in [-0.25, -0.2) is 0 Å². The molecule has 2 nitrogen and oxygen atoms in total. The first-order valence-corrected chi connectivity index (χ1v) is 3.62. The molecule has 9 heavy (non-hydrogen) atoms. The lowest BCUT2D eigenvalue weighted by Gasteiger charge is -2.05. The van der Waals surface area contributed by atoms with E-state index in [1.54, 1.807) is 0 Å². The Morgan fingerprint density at radius 1 is 0.889 bits per heavy atom. The molecule has 0 atom stereocenters. The number of hydrogen-bond acceptors (Lipinski definition) is 1. The highest BCUT2D eigenvalue weighted by atomic mass is 14.6. The molecule has 3 N–H and O–H groups in total. The molecule has 0 saturated heterocycles. The van der Waals surface area contributed by atoms with Crippen molar-refractivity contribution < 1.29 is 0 Å². The Hall–Kier alpha value is -0.530. The molecule has 1 fully saturated rings. The summed E-state index contributed by atoms with van der Waals surface area (Å²) in [6, 6.07) is 0. The topological polar surface area (TPSA) is 49.9 Å². The first kappa shape index (κ1) is 8.47. The molecular weight excluding hydrogens is 112 g/mol. The van der Waals surface area contributed by atoms with Gasteiger partial charge < -0.3 is 5.73 Å². The molecule has 1 aliphatic rings. The van der Waals surface area contributed by atoms with Gasteiger partial charge in [0.1, 0.15) is 0 Å². The maximum atomic E-state index is 5.86. The van der Waals surface area contributed by atoms with Crippen molar-refractivity contribution in [2.75, 3.05) is 0 Å². The van der Waals surface area contributed by atoms with Crippen LogP contribution in [0.4, 0.5) is 0 Å². The number of nitrogens with two attached hydrogens (primary N) is 1. The monoisotopic (exact) mass is 128 g/mol. The molecule has 0 aromatic carbocycles. The number of hydrogen-bond donors (Lipinski definition) is 2. The smallest absolute Gasteiger partial charge is 0.0765 e. The van der Waals surface area contributed by atoms with Crippen molar-refractivity contribution in [3.8, 4) is 0 Å². The molecule has 0 aromatic rings. The summed E-state index contributed by atoms with van der Waals surface area (Å²) in [7, 11) is 0. The Balaban J connectivity index is 0.000000187. The molecule has 1 rings (SSSR count). The van der Waals surface area contributed by atoms with Crippen LogP contribution in [0.25, 0.3) is 0 Å². The van der Waals surface area contributed by atoms with Crippen LogP contribution in [-0.2, 0) is 0 Å². The first-order chi connectivity index (χ1) is 4.41. The lowest BCUT2D eigenvalue weighted by Crippen LogP contribution is -1.85. The van der Waals surface area contributed by atoms with Crippen LogP contribution in [0.3, 0.4) is 0 Å². The molecular formula is C7H16N2. The summed E-state index contributed by atoms with van der Waals surface area (Å²) in [6.07, 6.45) is 9.75. The van der Waals surface area contributed by atoms with Crippen molar-refractivity contribution in [3.63, 3.8) is 0 Å². The summed E-state index contributed by atoms with van der Waals surface area (Å²) < 4.78 is 0. The summed E-state index contributed by atoms with van der Waals surface area (Å²) in [4.78, 5) is 0. The van der Waals surface area contributed by atoms with Gasteiger partial charge in [-0.2, -0.15) is 0 Å². The fourth-order valence-electron chi connectivity index (χ4n) is 1.06. The predicted octanol–water partition coefficient (Wildman–Crippen LogP) is 1.89. The Kier molecular flexibility index (Phi) is 7.03. The normalized spacial score (nSPS) is 17.3. The molecule has 0 amide bonds. The van der Waals surface area contributed by atoms with Crippen LogP contribution in [0.5, 0.6) is 0 Å². The van der Waals surface area contributed by atoms with E-state index in [1.807, 2.05) is 0 Å². The summed E-state index contributed by atoms with van der Waals surface area (Å²) in [5.41, 5.74) is 4.39. The minimum Gasteiger partial charge on any atom is -0.390 e. The van der Waals surface area contributed by atoms with E-state index < -0.39 is 0 Å². The van der Waals surface area contributed by atoms with Gasteiger partial charge >= 0.3 is 0 Å². The highest BCUT2D eigenvalue weighted by molar-refractivity contribution is 5.46. The first-order valence-electron chi connectivity index (χ1n) is 3.62. The van der Waals surface area contributed by atoms with Gasteiger partial charge in [0.25, 0.3) is 0 Å². The van der Waals surface area contributed by atoms with Gasteiger partial charge in [0.15, 0.2) is 0 Å². The van der Waals surface area contributed by atoms with Crippen molar-refractivity contribution in [2.45, 2.75) is 38.5 Å². The summed E-state index contributed by atoms with van der Waals surface area (Å²) in [6.45, 7) is 0. The SMILES string of the molecule is C1CCCCC1.N=CN. The fraction of sp³-hybridized carbons (Fsp3) is 0.857. The Morgan fingerprint density at radius 3 is 1.11 bits per heavy atom. The second kappa shape index (κ2) is 7.47. The van der Waals surface area contributed by atoms with Crippen LogP contribution < -0.4 is 5.73 Å².